The molecule has 8 heteroatoms. The number of carbonyl (C=O) groups is 2. The van der Waals surface area contributed by atoms with Crippen molar-refractivity contribution in [3.05, 3.63) is 45.2 Å². The Morgan fingerprint density at radius 1 is 1.33 bits per heavy atom. The Kier molecular flexibility index (Phi) is 5.60. The smallest absolute Gasteiger partial charge is 0.354 e. The number of anilines is 1. The molecule has 0 bridgehead atoms. The maximum Gasteiger partial charge on any atom is 0.354 e. The number of carboxylic acid groups (broad SMARTS) is 1. The minimum absolute atomic E-state index is 0.103. The molecule has 2 aromatic heterocycles. The number of halogens is 1. The number of pyridine rings is 1. The van der Waals surface area contributed by atoms with Gasteiger partial charge in [0.05, 0.1) is 10.1 Å². The number of hydrogen-bond donors (Lipinski definition) is 2. The molecule has 0 fully saturated rings. The standard InChI is InChI=1S/C13H11ClN2O3S2/c14-10-5-4-8(21-10)6-20-7-12(17)16-11-3-1-2-9(15-11)13(18)19/h1-5H,6-7H2,(H,18,19)(H,15,16,17). The molecule has 0 aliphatic carbocycles. The number of aromatic nitrogens is 1. The molecular weight excluding hydrogens is 332 g/mol. The third-order valence-corrected chi connectivity index (χ3v) is 4.74. The van der Waals surface area contributed by atoms with E-state index < -0.39 is 5.97 Å². The number of thiophene rings is 1. The molecule has 0 atom stereocenters. The topological polar surface area (TPSA) is 79.3 Å². The Bertz CT molecular complexity index is 660. The van der Waals surface area contributed by atoms with E-state index in [0.717, 1.165) is 9.21 Å². The summed E-state index contributed by atoms with van der Waals surface area (Å²) in [5.74, 6) is -0.158. The van der Waals surface area contributed by atoms with Gasteiger partial charge >= 0.3 is 5.97 Å². The fourth-order valence-electron chi connectivity index (χ4n) is 1.48. The minimum atomic E-state index is -1.13. The third kappa shape index (κ3) is 5.04. The van der Waals surface area contributed by atoms with Crippen LogP contribution in [0.3, 0.4) is 0 Å². The van der Waals surface area contributed by atoms with Crippen molar-refractivity contribution < 1.29 is 14.7 Å². The SMILES string of the molecule is O=C(CSCc1ccc(Cl)s1)Nc1cccc(C(=O)O)n1. The second kappa shape index (κ2) is 7.44. The van der Waals surface area contributed by atoms with Crippen LogP contribution in [0.1, 0.15) is 15.4 Å². The normalized spacial score (nSPS) is 10.3. The maximum atomic E-state index is 11.7. The van der Waals surface area contributed by atoms with Crippen molar-refractivity contribution >= 4 is 52.4 Å². The summed E-state index contributed by atoms with van der Waals surface area (Å²) in [5.41, 5.74) is -0.103. The lowest BCUT2D eigenvalue weighted by molar-refractivity contribution is -0.113. The second-order valence-corrected chi connectivity index (χ2v) is 6.75. The number of rotatable bonds is 6. The lowest BCUT2D eigenvalue weighted by atomic mass is 10.3. The van der Waals surface area contributed by atoms with E-state index in [4.69, 9.17) is 16.7 Å². The highest BCUT2D eigenvalue weighted by molar-refractivity contribution is 7.99. The van der Waals surface area contributed by atoms with Crippen molar-refractivity contribution in [3.8, 4) is 0 Å². The highest BCUT2D eigenvalue weighted by atomic mass is 35.5. The van der Waals surface area contributed by atoms with Crippen LogP contribution in [-0.4, -0.2) is 27.7 Å². The molecule has 0 aromatic carbocycles. The first-order valence-corrected chi connectivity index (χ1v) is 8.21. The highest BCUT2D eigenvalue weighted by Crippen LogP contribution is 2.25. The average molecular weight is 343 g/mol. The highest BCUT2D eigenvalue weighted by Gasteiger charge is 2.08. The molecule has 0 saturated heterocycles. The van der Waals surface area contributed by atoms with E-state index in [-0.39, 0.29) is 23.2 Å². The van der Waals surface area contributed by atoms with Gasteiger partial charge in [-0.05, 0) is 24.3 Å². The van der Waals surface area contributed by atoms with Gasteiger partial charge in [-0.1, -0.05) is 17.7 Å². The van der Waals surface area contributed by atoms with Crippen molar-refractivity contribution in [1.29, 1.82) is 0 Å². The first-order valence-electron chi connectivity index (χ1n) is 5.87. The largest absolute Gasteiger partial charge is 0.477 e. The molecule has 0 aliphatic heterocycles. The summed E-state index contributed by atoms with van der Waals surface area (Å²) < 4.78 is 0.727. The molecule has 0 radical (unpaired) electrons. The van der Waals surface area contributed by atoms with E-state index in [0.29, 0.717) is 5.75 Å². The van der Waals surface area contributed by atoms with Gasteiger partial charge in [0.1, 0.15) is 5.82 Å². The first-order chi connectivity index (χ1) is 10.0. The molecule has 0 spiro atoms. The molecule has 2 heterocycles. The molecule has 2 aromatic rings. The fourth-order valence-corrected chi connectivity index (χ4v) is 3.50. The van der Waals surface area contributed by atoms with Gasteiger partial charge in [-0.2, -0.15) is 0 Å². The zero-order valence-electron chi connectivity index (χ0n) is 10.7. The molecule has 0 saturated carbocycles. The summed E-state index contributed by atoms with van der Waals surface area (Å²) in [7, 11) is 0. The Morgan fingerprint density at radius 3 is 2.81 bits per heavy atom. The van der Waals surface area contributed by atoms with Gasteiger partial charge in [-0.25, -0.2) is 9.78 Å². The number of aromatic carboxylic acids is 1. The zero-order valence-corrected chi connectivity index (χ0v) is 13.1. The van der Waals surface area contributed by atoms with Crippen LogP contribution in [-0.2, 0) is 10.5 Å². The van der Waals surface area contributed by atoms with Crippen molar-refractivity contribution in [1.82, 2.24) is 4.98 Å². The molecule has 110 valence electrons. The number of nitrogens with one attached hydrogen (secondary N) is 1. The summed E-state index contributed by atoms with van der Waals surface area (Å²) in [6.07, 6.45) is 0. The Labute approximate surface area is 134 Å². The number of nitrogens with zero attached hydrogens (tertiary/aromatic N) is 1. The Morgan fingerprint density at radius 2 is 2.14 bits per heavy atom. The van der Waals surface area contributed by atoms with Crippen LogP contribution in [0.4, 0.5) is 5.82 Å². The molecule has 2 rings (SSSR count). The van der Waals surface area contributed by atoms with Gasteiger partial charge in [-0.3, -0.25) is 4.79 Å². The molecule has 1 amide bonds. The Balaban J connectivity index is 1.81. The van der Waals surface area contributed by atoms with Crippen LogP contribution in [0.5, 0.6) is 0 Å². The predicted octanol–water partition coefficient (Wildman–Crippen LogP) is 3.37. The summed E-state index contributed by atoms with van der Waals surface area (Å²) in [4.78, 5) is 27.5. The molecule has 0 unspecified atom stereocenters. The van der Waals surface area contributed by atoms with Gasteiger partial charge in [0.15, 0.2) is 5.69 Å². The number of carboxylic acids is 1. The van der Waals surface area contributed by atoms with Gasteiger partial charge < -0.3 is 10.4 Å². The summed E-state index contributed by atoms with van der Waals surface area (Å²) in [6.45, 7) is 0. The summed E-state index contributed by atoms with van der Waals surface area (Å²) in [5, 5.41) is 11.4. The minimum Gasteiger partial charge on any atom is -0.477 e. The van der Waals surface area contributed by atoms with E-state index in [9.17, 15) is 9.59 Å². The van der Waals surface area contributed by atoms with Gasteiger partial charge in [-0.15, -0.1) is 23.1 Å². The van der Waals surface area contributed by atoms with Crippen molar-refractivity contribution in [2.24, 2.45) is 0 Å². The number of amides is 1. The van der Waals surface area contributed by atoms with Gasteiger partial charge in [0, 0.05) is 10.6 Å². The van der Waals surface area contributed by atoms with Crippen molar-refractivity contribution in [3.63, 3.8) is 0 Å². The lowest BCUT2D eigenvalue weighted by Gasteiger charge is -2.04. The lowest BCUT2D eigenvalue weighted by Crippen LogP contribution is -2.16. The van der Waals surface area contributed by atoms with Crippen LogP contribution < -0.4 is 5.32 Å². The average Bonchev–Trinajstić information content (AvgIpc) is 2.84. The van der Waals surface area contributed by atoms with Crippen LogP contribution in [0.15, 0.2) is 30.3 Å². The van der Waals surface area contributed by atoms with E-state index in [1.54, 1.807) is 6.07 Å². The predicted molar refractivity (Wildman–Crippen MR) is 85.3 cm³/mol. The molecule has 21 heavy (non-hydrogen) atoms. The maximum absolute atomic E-state index is 11.7. The van der Waals surface area contributed by atoms with E-state index in [2.05, 4.69) is 10.3 Å². The van der Waals surface area contributed by atoms with Gasteiger partial charge in [0.2, 0.25) is 5.91 Å². The quantitative estimate of drug-likeness (QED) is 0.841. The second-order valence-electron chi connectivity index (χ2n) is 3.96. The van der Waals surface area contributed by atoms with Crippen molar-refractivity contribution in [2.45, 2.75) is 5.75 Å². The van der Waals surface area contributed by atoms with Crippen molar-refractivity contribution in [2.75, 3.05) is 11.1 Å². The molecular formula is C13H11ClN2O3S2. The third-order valence-electron chi connectivity index (χ3n) is 2.34. The van der Waals surface area contributed by atoms with E-state index in [1.165, 1.54) is 35.2 Å². The number of hydrogen-bond acceptors (Lipinski definition) is 5. The number of carbonyl (C=O) groups excluding carboxylic acids is 1. The first kappa shape index (κ1) is 15.8. The summed E-state index contributed by atoms with van der Waals surface area (Å²) >= 11 is 8.76. The Hall–Kier alpha value is -1.57. The van der Waals surface area contributed by atoms with Crippen LogP contribution in [0, 0.1) is 0 Å². The molecule has 5 nitrogen and oxygen atoms in total. The number of thioether (sulfide) groups is 1. The van der Waals surface area contributed by atoms with Gasteiger partial charge in [0.25, 0.3) is 0 Å². The monoisotopic (exact) mass is 342 g/mol. The zero-order chi connectivity index (χ0) is 15.2. The summed E-state index contributed by atoms with van der Waals surface area (Å²) in [6, 6.07) is 8.20. The van der Waals surface area contributed by atoms with Crippen LogP contribution in [0.25, 0.3) is 0 Å². The molecule has 0 aliphatic rings. The van der Waals surface area contributed by atoms with E-state index >= 15 is 0 Å². The van der Waals surface area contributed by atoms with Crippen LogP contribution >= 0.6 is 34.7 Å². The fraction of sp³-hybridized carbons (Fsp3) is 0.154. The van der Waals surface area contributed by atoms with Crippen LogP contribution in [0.2, 0.25) is 4.34 Å². The van der Waals surface area contributed by atoms with E-state index in [1.807, 2.05) is 12.1 Å². The molecule has 2 N–H and O–H groups in total.